The van der Waals surface area contributed by atoms with Crippen molar-refractivity contribution in [1.82, 2.24) is 0 Å². The molecular formula is C21H21BrO3. The molecule has 0 heterocycles. The standard InChI is InChI=1S/C21H21BrO3/c1-16(9-8-14-20(23)24-2)21(18-12-6-7-13-19(18)22)25-15-17-10-4-3-5-11-17/h3-7,10-13,16,21H,14-15H2,1-2H3/t16-,21+/m0/s1. The molecule has 25 heavy (non-hydrogen) atoms. The molecule has 2 rings (SSSR count). The number of ether oxygens (including phenoxy) is 2. The highest BCUT2D eigenvalue weighted by Gasteiger charge is 2.21. The van der Waals surface area contributed by atoms with Crippen molar-refractivity contribution in [2.45, 2.75) is 26.1 Å². The first-order valence-corrected chi connectivity index (χ1v) is 8.86. The van der Waals surface area contributed by atoms with E-state index in [1.807, 2.05) is 61.5 Å². The molecule has 0 aliphatic rings. The summed E-state index contributed by atoms with van der Waals surface area (Å²) in [5, 5.41) is 0. The van der Waals surface area contributed by atoms with Crippen LogP contribution in [0.1, 0.15) is 30.6 Å². The van der Waals surface area contributed by atoms with Gasteiger partial charge >= 0.3 is 5.97 Å². The Bertz CT molecular complexity index is 746. The van der Waals surface area contributed by atoms with Crippen molar-refractivity contribution in [2.24, 2.45) is 5.92 Å². The van der Waals surface area contributed by atoms with Crippen molar-refractivity contribution in [3.63, 3.8) is 0 Å². The molecule has 0 fully saturated rings. The first-order chi connectivity index (χ1) is 12.1. The highest BCUT2D eigenvalue weighted by Crippen LogP contribution is 2.32. The van der Waals surface area contributed by atoms with Gasteiger partial charge in [0.25, 0.3) is 0 Å². The number of carbonyl (C=O) groups excluding carboxylic acids is 1. The summed E-state index contributed by atoms with van der Waals surface area (Å²) in [5.41, 5.74) is 2.15. The Morgan fingerprint density at radius 3 is 2.48 bits per heavy atom. The molecule has 0 bridgehead atoms. The van der Waals surface area contributed by atoms with Crippen LogP contribution < -0.4 is 0 Å². The van der Waals surface area contributed by atoms with E-state index in [9.17, 15) is 4.79 Å². The van der Waals surface area contributed by atoms with E-state index in [0.29, 0.717) is 6.61 Å². The molecule has 2 aromatic carbocycles. The highest BCUT2D eigenvalue weighted by atomic mass is 79.9. The summed E-state index contributed by atoms with van der Waals surface area (Å²) < 4.78 is 11.8. The van der Waals surface area contributed by atoms with Crippen LogP contribution in [0.4, 0.5) is 0 Å². The van der Waals surface area contributed by atoms with Crippen LogP contribution in [-0.2, 0) is 20.9 Å². The van der Waals surface area contributed by atoms with Crippen LogP contribution in [-0.4, -0.2) is 13.1 Å². The Kier molecular flexibility index (Phi) is 7.72. The van der Waals surface area contributed by atoms with Gasteiger partial charge in [-0.15, -0.1) is 0 Å². The molecule has 0 N–H and O–H groups in total. The van der Waals surface area contributed by atoms with Crippen molar-refractivity contribution < 1.29 is 14.3 Å². The lowest BCUT2D eigenvalue weighted by Crippen LogP contribution is -2.13. The Morgan fingerprint density at radius 2 is 1.80 bits per heavy atom. The minimum absolute atomic E-state index is 0.0768. The second-order valence-corrected chi connectivity index (χ2v) is 6.46. The van der Waals surface area contributed by atoms with Crippen LogP contribution in [0.25, 0.3) is 0 Å². The topological polar surface area (TPSA) is 35.5 Å². The fourth-order valence-corrected chi connectivity index (χ4v) is 2.91. The van der Waals surface area contributed by atoms with Crippen LogP contribution in [0.15, 0.2) is 59.1 Å². The fourth-order valence-electron chi connectivity index (χ4n) is 2.40. The SMILES string of the molecule is COC(=O)CC#C[C@H](C)[C@@H](OCc1ccccc1)c1ccccc1Br. The maximum atomic E-state index is 11.2. The number of benzene rings is 2. The van der Waals surface area contributed by atoms with Gasteiger partial charge in [-0.2, -0.15) is 0 Å². The van der Waals surface area contributed by atoms with Gasteiger partial charge in [-0.05, 0) is 24.1 Å². The zero-order chi connectivity index (χ0) is 18.1. The summed E-state index contributed by atoms with van der Waals surface area (Å²) in [6.07, 6.45) is -0.122. The smallest absolute Gasteiger partial charge is 0.317 e. The first kappa shape index (κ1) is 19.2. The second kappa shape index (κ2) is 10.0. The lowest BCUT2D eigenvalue weighted by Gasteiger charge is -2.22. The van der Waals surface area contributed by atoms with Crippen LogP contribution >= 0.6 is 15.9 Å². The van der Waals surface area contributed by atoms with E-state index in [-0.39, 0.29) is 24.4 Å². The maximum Gasteiger partial charge on any atom is 0.317 e. The zero-order valence-corrected chi connectivity index (χ0v) is 16.0. The molecule has 2 atom stereocenters. The van der Waals surface area contributed by atoms with Gasteiger partial charge in [0.15, 0.2) is 0 Å². The molecule has 0 unspecified atom stereocenters. The van der Waals surface area contributed by atoms with E-state index in [0.717, 1.165) is 15.6 Å². The lowest BCUT2D eigenvalue weighted by molar-refractivity contribution is -0.139. The maximum absolute atomic E-state index is 11.2. The molecule has 2 aromatic rings. The van der Waals surface area contributed by atoms with Crippen molar-refractivity contribution >= 4 is 21.9 Å². The number of hydrogen-bond donors (Lipinski definition) is 0. The Balaban J connectivity index is 2.16. The molecule has 0 aliphatic carbocycles. The zero-order valence-electron chi connectivity index (χ0n) is 14.4. The van der Waals surface area contributed by atoms with Gasteiger partial charge in [0.05, 0.1) is 19.8 Å². The van der Waals surface area contributed by atoms with Gasteiger partial charge in [0.2, 0.25) is 0 Å². The summed E-state index contributed by atoms with van der Waals surface area (Å²) >= 11 is 3.59. The number of rotatable bonds is 6. The van der Waals surface area contributed by atoms with E-state index < -0.39 is 0 Å². The van der Waals surface area contributed by atoms with Gasteiger partial charge < -0.3 is 9.47 Å². The van der Waals surface area contributed by atoms with Gasteiger partial charge in [0, 0.05) is 10.4 Å². The van der Waals surface area contributed by atoms with Crippen LogP contribution in [0.5, 0.6) is 0 Å². The number of hydrogen-bond acceptors (Lipinski definition) is 3. The first-order valence-electron chi connectivity index (χ1n) is 8.07. The predicted molar refractivity (Wildman–Crippen MR) is 102 cm³/mol. The van der Waals surface area contributed by atoms with E-state index >= 15 is 0 Å². The Hall–Kier alpha value is -2.09. The molecule has 130 valence electrons. The third kappa shape index (κ3) is 6.04. The van der Waals surface area contributed by atoms with E-state index in [4.69, 9.17) is 4.74 Å². The number of esters is 1. The molecular weight excluding hydrogens is 380 g/mol. The summed E-state index contributed by atoms with van der Waals surface area (Å²) in [4.78, 5) is 11.2. The quantitative estimate of drug-likeness (QED) is 0.510. The molecule has 0 amide bonds. The minimum Gasteiger partial charge on any atom is -0.468 e. The molecule has 0 spiro atoms. The van der Waals surface area contributed by atoms with Crippen molar-refractivity contribution in [3.05, 3.63) is 70.2 Å². The van der Waals surface area contributed by atoms with E-state index in [1.165, 1.54) is 7.11 Å². The number of halogens is 1. The predicted octanol–water partition coefficient (Wildman–Crippen LogP) is 4.91. The Morgan fingerprint density at radius 1 is 1.12 bits per heavy atom. The average molecular weight is 401 g/mol. The fraction of sp³-hybridized carbons (Fsp3) is 0.286. The third-order valence-electron chi connectivity index (χ3n) is 3.73. The molecule has 0 aromatic heterocycles. The molecule has 0 saturated heterocycles. The van der Waals surface area contributed by atoms with Gasteiger partial charge in [-0.3, -0.25) is 4.79 Å². The molecule has 4 heteroatoms. The minimum atomic E-state index is -0.331. The van der Waals surface area contributed by atoms with E-state index in [1.54, 1.807) is 0 Å². The van der Waals surface area contributed by atoms with E-state index in [2.05, 4.69) is 32.5 Å². The Labute approximate surface area is 157 Å². The van der Waals surface area contributed by atoms with Gasteiger partial charge in [-0.25, -0.2) is 0 Å². The molecule has 3 nitrogen and oxygen atoms in total. The van der Waals surface area contributed by atoms with Crippen LogP contribution in [0, 0.1) is 17.8 Å². The lowest BCUT2D eigenvalue weighted by atomic mass is 9.97. The van der Waals surface area contributed by atoms with Crippen molar-refractivity contribution in [2.75, 3.05) is 7.11 Å². The van der Waals surface area contributed by atoms with Crippen LogP contribution in [0.2, 0.25) is 0 Å². The second-order valence-electron chi connectivity index (χ2n) is 5.60. The summed E-state index contributed by atoms with van der Waals surface area (Å²) in [6.45, 7) is 2.50. The van der Waals surface area contributed by atoms with Crippen molar-refractivity contribution in [1.29, 1.82) is 0 Å². The monoisotopic (exact) mass is 400 g/mol. The van der Waals surface area contributed by atoms with Crippen molar-refractivity contribution in [3.8, 4) is 11.8 Å². The number of methoxy groups -OCH3 is 1. The summed E-state index contributed by atoms with van der Waals surface area (Å²) in [7, 11) is 1.36. The average Bonchev–Trinajstić information content (AvgIpc) is 2.64. The molecule has 0 saturated carbocycles. The summed E-state index contributed by atoms with van der Waals surface area (Å²) in [5.74, 6) is 5.59. The third-order valence-corrected chi connectivity index (χ3v) is 4.45. The largest absolute Gasteiger partial charge is 0.468 e. The summed E-state index contributed by atoms with van der Waals surface area (Å²) in [6, 6.07) is 18.0. The molecule has 0 aliphatic heterocycles. The number of carbonyl (C=O) groups is 1. The van der Waals surface area contributed by atoms with Gasteiger partial charge in [0.1, 0.15) is 6.42 Å². The highest BCUT2D eigenvalue weighted by molar-refractivity contribution is 9.10. The van der Waals surface area contributed by atoms with Gasteiger partial charge in [-0.1, -0.05) is 76.3 Å². The van der Waals surface area contributed by atoms with Crippen LogP contribution in [0.3, 0.4) is 0 Å². The molecule has 0 radical (unpaired) electrons. The normalized spacial score (nSPS) is 12.6.